The van der Waals surface area contributed by atoms with Crippen LogP contribution in [0, 0.1) is 17.2 Å². The van der Waals surface area contributed by atoms with E-state index in [1.807, 2.05) is 24.3 Å². The second kappa shape index (κ2) is 8.75. The van der Waals surface area contributed by atoms with E-state index in [0.29, 0.717) is 23.0 Å². The van der Waals surface area contributed by atoms with Crippen molar-refractivity contribution in [2.24, 2.45) is 5.92 Å². The quantitative estimate of drug-likeness (QED) is 0.594. The third-order valence-electron chi connectivity index (χ3n) is 5.12. The van der Waals surface area contributed by atoms with Gasteiger partial charge in [0, 0.05) is 0 Å². The molecule has 1 heterocycles. The molecule has 1 amide bonds. The molecule has 1 unspecified atom stereocenters. The molecule has 6 heteroatoms. The van der Waals surface area contributed by atoms with Crippen LogP contribution in [0.3, 0.4) is 0 Å². The van der Waals surface area contributed by atoms with Crippen LogP contribution in [0.15, 0.2) is 65.1 Å². The molecule has 0 aliphatic heterocycles. The third kappa shape index (κ3) is 4.47. The highest BCUT2D eigenvalue weighted by Crippen LogP contribution is 2.41. The van der Waals surface area contributed by atoms with Gasteiger partial charge in [0.1, 0.15) is 29.9 Å². The summed E-state index contributed by atoms with van der Waals surface area (Å²) >= 11 is 0. The van der Waals surface area contributed by atoms with E-state index in [9.17, 15) is 4.79 Å². The molecule has 1 aliphatic rings. The van der Waals surface area contributed by atoms with Gasteiger partial charge in [0.2, 0.25) is 0 Å². The average molecular weight is 402 g/mol. The fraction of sp³-hybridized carbons (Fsp3) is 0.250. The van der Waals surface area contributed by atoms with Crippen molar-refractivity contribution < 1.29 is 18.7 Å². The molecule has 4 rings (SSSR count). The van der Waals surface area contributed by atoms with Crippen LogP contribution in [-0.2, 0) is 6.61 Å². The predicted molar refractivity (Wildman–Crippen MR) is 110 cm³/mol. The van der Waals surface area contributed by atoms with Crippen LogP contribution < -0.4 is 14.8 Å². The lowest BCUT2D eigenvalue weighted by Gasteiger charge is -2.18. The van der Waals surface area contributed by atoms with Gasteiger partial charge in [-0.1, -0.05) is 24.3 Å². The summed E-state index contributed by atoms with van der Waals surface area (Å²) in [6.07, 6.45) is 2.18. The zero-order chi connectivity index (χ0) is 20.9. The number of rotatable bonds is 8. The zero-order valence-corrected chi connectivity index (χ0v) is 16.6. The Morgan fingerprint density at radius 3 is 2.63 bits per heavy atom. The molecule has 1 aromatic heterocycles. The smallest absolute Gasteiger partial charge is 0.287 e. The van der Waals surface area contributed by atoms with Gasteiger partial charge in [-0.3, -0.25) is 4.79 Å². The van der Waals surface area contributed by atoms with Gasteiger partial charge in [-0.25, -0.2) is 0 Å². The van der Waals surface area contributed by atoms with Crippen LogP contribution in [0.4, 0.5) is 0 Å². The lowest BCUT2D eigenvalue weighted by atomic mass is 10.0. The predicted octanol–water partition coefficient (Wildman–Crippen LogP) is 4.62. The number of hydrogen-bond donors (Lipinski definition) is 1. The molecule has 1 aliphatic carbocycles. The molecule has 3 aromatic rings. The van der Waals surface area contributed by atoms with Gasteiger partial charge in [-0.05, 0) is 60.7 Å². The molecular weight excluding hydrogens is 380 g/mol. The van der Waals surface area contributed by atoms with Crippen LogP contribution in [-0.4, -0.2) is 13.0 Å². The molecule has 1 fully saturated rings. The summed E-state index contributed by atoms with van der Waals surface area (Å²) in [7, 11) is 1.63. The minimum atomic E-state index is -0.258. The molecule has 30 heavy (non-hydrogen) atoms. The van der Waals surface area contributed by atoms with E-state index in [-0.39, 0.29) is 24.3 Å². The van der Waals surface area contributed by atoms with Gasteiger partial charge in [-0.2, -0.15) is 5.26 Å². The third-order valence-corrected chi connectivity index (χ3v) is 5.12. The van der Waals surface area contributed by atoms with E-state index in [0.717, 1.165) is 24.2 Å². The first kappa shape index (κ1) is 19.6. The Hall–Kier alpha value is -3.72. The normalized spacial score (nSPS) is 13.9. The second-order valence-electron chi connectivity index (χ2n) is 7.22. The van der Waals surface area contributed by atoms with Crippen molar-refractivity contribution in [1.82, 2.24) is 5.32 Å². The molecule has 6 nitrogen and oxygen atoms in total. The summed E-state index contributed by atoms with van der Waals surface area (Å²) in [6, 6.07) is 20.1. The van der Waals surface area contributed by atoms with E-state index in [1.165, 1.54) is 0 Å². The van der Waals surface area contributed by atoms with Crippen molar-refractivity contribution in [3.05, 3.63) is 83.3 Å². The summed E-state index contributed by atoms with van der Waals surface area (Å²) in [5.41, 5.74) is 1.50. The fourth-order valence-corrected chi connectivity index (χ4v) is 3.34. The largest absolute Gasteiger partial charge is 0.497 e. The van der Waals surface area contributed by atoms with Crippen molar-refractivity contribution in [3.8, 4) is 17.6 Å². The number of carbonyl (C=O) groups excluding carboxylic acids is 1. The van der Waals surface area contributed by atoms with E-state index in [4.69, 9.17) is 19.2 Å². The van der Waals surface area contributed by atoms with Gasteiger partial charge in [0.25, 0.3) is 5.91 Å². The minimum absolute atomic E-state index is 0.0595. The van der Waals surface area contributed by atoms with Gasteiger partial charge in [-0.15, -0.1) is 0 Å². The lowest BCUT2D eigenvalue weighted by Crippen LogP contribution is -2.29. The highest BCUT2D eigenvalue weighted by atomic mass is 16.5. The van der Waals surface area contributed by atoms with Crippen molar-refractivity contribution in [2.75, 3.05) is 7.11 Å². The first-order valence-corrected chi connectivity index (χ1v) is 9.83. The van der Waals surface area contributed by atoms with Crippen LogP contribution in [0.25, 0.3) is 0 Å². The number of benzene rings is 2. The maximum Gasteiger partial charge on any atom is 0.287 e. The summed E-state index contributed by atoms with van der Waals surface area (Å²) in [4.78, 5) is 12.8. The molecule has 1 atom stereocenters. The molecule has 0 radical (unpaired) electrons. The number of para-hydroxylation sites is 1. The zero-order valence-electron chi connectivity index (χ0n) is 16.6. The van der Waals surface area contributed by atoms with E-state index < -0.39 is 0 Å². The maximum atomic E-state index is 12.8. The Morgan fingerprint density at radius 2 is 1.93 bits per heavy atom. The number of methoxy groups -OCH3 is 1. The van der Waals surface area contributed by atoms with Crippen LogP contribution in [0.1, 0.15) is 46.3 Å². The number of carbonyl (C=O) groups is 1. The molecule has 1 N–H and O–H groups in total. The second-order valence-corrected chi connectivity index (χ2v) is 7.22. The number of furan rings is 1. The summed E-state index contributed by atoms with van der Waals surface area (Å²) in [5.74, 6) is 2.19. The number of amides is 1. The Labute approximate surface area is 175 Å². The van der Waals surface area contributed by atoms with Crippen molar-refractivity contribution >= 4 is 5.91 Å². The Balaban J connectivity index is 1.41. The molecule has 0 bridgehead atoms. The number of nitrogens with zero attached hydrogens (tertiary/aromatic N) is 1. The first-order valence-electron chi connectivity index (χ1n) is 9.83. The SMILES string of the molecule is COc1ccc(C(NC(=O)c2ccc(COc3ccccc3C#N)o2)C2CC2)cc1. The van der Waals surface area contributed by atoms with Crippen molar-refractivity contribution in [2.45, 2.75) is 25.5 Å². The fourth-order valence-electron chi connectivity index (χ4n) is 3.34. The topological polar surface area (TPSA) is 84.5 Å². The van der Waals surface area contributed by atoms with Crippen LogP contribution in [0.2, 0.25) is 0 Å². The Morgan fingerprint density at radius 1 is 1.17 bits per heavy atom. The van der Waals surface area contributed by atoms with E-state index >= 15 is 0 Å². The first-order chi connectivity index (χ1) is 14.7. The molecule has 2 aromatic carbocycles. The van der Waals surface area contributed by atoms with E-state index in [1.54, 1.807) is 43.5 Å². The van der Waals surface area contributed by atoms with E-state index in [2.05, 4.69) is 11.4 Å². The number of ether oxygens (including phenoxy) is 2. The number of nitriles is 1. The van der Waals surface area contributed by atoms with Gasteiger partial charge < -0.3 is 19.2 Å². The summed E-state index contributed by atoms with van der Waals surface area (Å²) in [5, 5.41) is 12.2. The lowest BCUT2D eigenvalue weighted by molar-refractivity contribution is 0.0899. The molecule has 152 valence electrons. The summed E-state index contributed by atoms with van der Waals surface area (Å²) < 4.78 is 16.6. The standard InChI is InChI=1S/C24H22N2O4/c1-28-19-10-8-17(9-11-19)23(16-6-7-16)26-24(27)22-13-12-20(30-22)15-29-21-5-3-2-4-18(21)14-25/h2-5,8-13,16,23H,6-7,15H2,1H3,(H,26,27). The van der Waals surface area contributed by atoms with Crippen molar-refractivity contribution in [3.63, 3.8) is 0 Å². The minimum Gasteiger partial charge on any atom is -0.497 e. The molecule has 0 saturated heterocycles. The van der Waals surface area contributed by atoms with Crippen LogP contribution in [0.5, 0.6) is 11.5 Å². The molecule has 1 saturated carbocycles. The van der Waals surface area contributed by atoms with Gasteiger partial charge in [0.05, 0.1) is 18.7 Å². The Bertz CT molecular complexity index is 1060. The van der Waals surface area contributed by atoms with Gasteiger partial charge >= 0.3 is 0 Å². The Kier molecular flexibility index (Phi) is 5.71. The highest BCUT2D eigenvalue weighted by Gasteiger charge is 2.34. The van der Waals surface area contributed by atoms with Crippen LogP contribution >= 0.6 is 0 Å². The van der Waals surface area contributed by atoms with Crippen molar-refractivity contribution in [1.29, 1.82) is 5.26 Å². The monoisotopic (exact) mass is 402 g/mol. The average Bonchev–Trinajstić information content (AvgIpc) is 3.52. The maximum absolute atomic E-state index is 12.8. The van der Waals surface area contributed by atoms with Gasteiger partial charge in [0.15, 0.2) is 5.76 Å². The number of nitrogens with one attached hydrogen (secondary N) is 1. The highest BCUT2D eigenvalue weighted by molar-refractivity contribution is 5.91. The molecule has 0 spiro atoms. The number of hydrogen-bond acceptors (Lipinski definition) is 5. The summed E-state index contributed by atoms with van der Waals surface area (Å²) in [6.45, 7) is 0.135. The molecular formula is C24H22N2O4.